The van der Waals surface area contributed by atoms with Gasteiger partial charge < -0.3 is 15.8 Å². The molecule has 0 aliphatic carbocycles. The van der Waals surface area contributed by atoms with E-state index in [2.05, 4.69) is 0 Å². The van der Waals surface area contributed by atoms with Gasteiger partial charge in [-0.05, 0) is 6.92 Å². The smallest absolute Gasteiger partial charge is 0.164 e. The van der Waals surface area contributed by atoms with Gasteiger partial charge in [-0.1, -0.05) is 0 Å². The molecule has 0 bridgehead atoms. The quantitative estimate of drug-likeness (QED) is 0.467. The van der Waals surface area contributed by atoms with Crippen LogP contribution in [0, 0.1) is 0 Å². The van der Waals surface area contributed by atoms with Gasteiger partial charge in [-0.15, -0.1) is 11.6 Å². The maximum atomic E-state index is 9.99. The molecule has 7 heteroatoms. The largest absolute Gasteiger partial charge is 0.746 e. The first-order valence-corrected chi connectivity index (χ1v) is 3.99. The van der Waals surface area contributed by atoms with Gasteiger partial charge in [0.1, 0.15) is 10.1 Å². The maximum Gasteiger partial charge on any atom is 0.164 e. The van der Waals surface area contributed by atoms with Crippen LogP contribution >= 0.6 is 11.6 Å². The molecule has 10 heavy (non-hydrogen) atoms. The summed E-state index contributed by atoms with van der Waals surface area (Å²) in [6.07, 6.45) is 0. The fraction of sp³-hybridized carbons (Fsp3) is 1.00. The summed E-state index contributed by atoms with van der Waals surface area (Å²) in [7, 11) is -4.68. The third-order valence-corrected chi connectivity index (χ3v) is 2.69. The maximum absolute atomic E-state index is 9.99. The fourth-order valence-electron chi connectivity index (χ4n) is 0.0668. The minimum absolute atomic E-state index is 0. The lowest BCUT2D eigenvalue weighted by Gasteiger charge is -2.23. The summed E-state index contributed by atoms with van der Waals surface area (Å²) in [6, 6.07) is 0. The molecular formula is C3H10ClNO4S. The Morgan fingerprint density at radius 3 is 2.00 bits per heavy atom. The van der Waals surface area contributed by atoms with E-state index >= 15 is 0 Å². The lowest BCUT2D eigenvalue weighted by molar-refractivity contribution is 0.153. The van der Waals surface area contributed by atoms with Crippen LogP contribution in [0.5, 0.6) is 0 Å². The highest BCUT2D eigenvalue weighted by Crippen LogP contribution is 2.12. The Bertz CT molecular complexity index is 187. The molecule has 0 aliphatic heterocycles. The van der Waals surface area contributed by atoms with Crippen molar-refractivity contribution in [3.63, 3.8) is 0 Å². The Labute approximate surface area is 64.3 Å². The van der Waals surface area contributed by atoms with Crippen LogP contribution in [-0.4, -0.2) is 28.9 Å². The van der Waals surface area contributed by atoms with Crippen LogP contribution in [0.2, 0.25) is 0 Å². The van der Waals surface area contributed by atoms with Gasteiger partial charge in [0.15, 0.2) is 4.93 Å². The van der Waals surface area contributed by atoms with Gasteiger partial charge in [-0.2, -0.15) is 0 Å². The molecule has 0 aliphatic rings. The van der Waals surface area contributed by atoms with Crippen LogP contribution in [0.4, 0.5) is 0 Å². The number of hydrogen-bond donors (Lipinski definition) is 2. The highest BCUT2D eigenvalue weighted by Gasteiger charge is 2.26. The highest BCUT2D eigenvalue weighted by molar-refractivity contribution is 7.87. The predicted octanol–water partition coefficient (Wildman–Crippen LogP) is -0.145. The average molecular weight is 192 g/mol. The van der Waals surface area contributed by atoms with E-state index in [9.17, 15) is 13.0 Å². The van der Waals surface area contributed by atoms with E-state index in [1.807, 2.05) is 0 Å². The molecule has 0 fully saturated rings. The van der Waals surface area contributed by atoms with E-state index in [0.717, 1.165) is 6.92 Å². The van der Waals surface area contributed by atoms with Crippen molar-refractivity contribution < 1.29 is 18.1 Å². The molecule has 1 atom stereocenters. The van der Waals surface area contributed by atoms with Crippen LogP contribution in [0.3, 0.4) is 0 Å². The van der Waals surface area contributed by atoms with Gasteiger partial charge in [0, 0.05) is 0 Å². The molecule has 0 heterocycles. The van der Waals surface area contributed by atoms with Gasteiger partial charge in [0.2, 0.25) is 0 Å². The molecule has 0 aromatic heterocycles. The predicted molar refractivity (Wildman–Crippen MR) is 37.0 cm³/mol. The first-order chi connectivity index (χ1) is 3.81. The molecule has 5 N–H and O–H groups in total. The summed E-state index contributed by atoms with van der Waals surface area (Å²) in [6.45, 7) is 0.850. The first kappa shape index (κ1) is 12.8. The van der Waals surface area contributed by atoms with Gasteiger partial charge >= 0.3 is 0 Å². The van der Waals surface area contributed by atoms with Crippen LogP contribution in [0.25, 0.3) is 0 Å². The summed E-state index contributed by atoms with van der Waals surface area (Å²) in [5.41, 5.74) is 0. The molecule has 64 valence electrons. The zero-order valence-corrected chi connectivity index (χ0v) is 7.24. The molecular weight excluding hydrogens is 182 g/mol. The number of halogens is 1. The third kappa shape index (κ3) is 2.80. The lowest BCUT2D eigenvalue weighted by atomic mass is 10.5. The summed E-state index contributed by atoms with van der Waals surface area (Å²) >= 11 is 4.95. The van der Waals surface area contributed by atoms with E-state index < -0.39 is 20.9 Å². The Morgan fingerprint density at radius 2 is 2.00 bits per heavy atom. The van der Waals surface area contributed by atoms with Crippen molar-refractivity contribution in [3.8, 4) is 0 Å². The molecule has 5 nitrogen and oxygen atoms in total. The first-order valence-electron chi connectivity index (χ1n) is 2.05. The van der Waals surface area contributed by atoms with Crippen molar-refractivity contribution in [1.29, 1.82) is 0 Å². The van der Waals surface area contributed by atoms with Crippen molar-refractivity contribution in [3.05, 3.63) is 0 Å². The van der Waals surface area contributed by atoms with Gasteiger partial charge in [0.05, 0.1) is 5.88 Å². The van der Waals surface area contributed by atoms with E-state index in [0.29, 0.717) is 0 Å². The molecule has 0 spiro atoms. The van der Waals surface area contributed by atoms with E-state index in [1.54, 1.807) is 0 Å². The Morgan fingerprint density at radius 1 is 1.70 bits per heavy atom. The molecule has 0 saturated heterocycles. The summed E-state index contributed by atoms with van der Waals surface area (Å²) < 4.78 is 30.0. The molecule has 0 saturated carbocycles. The Hall–Kier alpha value is 0.120. The zero-order valence-electron chi connectivity index (χ0n) is 5.67. The standard InChI is InChI=1S/C3H7ClO4S.H3N/c1-3(5,2-4)9(6,7)8;/h5H,2H2,1H3,(H,6,7,8);1H3. The SMILES string of the molecule is CC(O)(CCl)S(=O)(=O)[O-].[NH4+]. The van der Waals surface area contributed by atoms with E-state index in [-0.39, 0.29) is 6.15 Å². The topological polar surface area (TPSA) is 114 Å². The summed E-state index contributed by atoms with van der Waals surface area (Å²) in [4.78, 5) is -2.34. The van der Waals surface area contributed by atoms with Gasteiger partial charge in [-0.3, -0.25) is 0 Å². The molecule has 0 aromatic carbocycles. The van der Waals surface area contributed by atoms with Gasteiger partial charge in [-0.25, -0.2) is 8.42 Å². The Balaban J connectivity index is 0. The van der Waals surface area contributed by atoms with Crippen LogP contribution < -0.4 is 6.15 Å². The highest BCUT2D eigenvalue weighted by atomic mass is 35.5. The third-order valence-electron chi connectivity index (χ3n) is 0.787. The van der Waals surface area contributed by atoms with Crippen LogP contribution in [-0.2, 0) is 10.1 Å². The second-order valence-electron chi connectivity index (χ2n) is 1.76. The van der Waals surface area contributed by atoms with Crippen LogP contribution in [0.15, 0.2) is 0 Å². The lowest BCUT2D eigenvalue weighted by Crippen LogP contribution is -2.36. The molecule has 0 aromatic rings. The van der Waals surface area contributed by atoms with Crippen molar-refractivity contribution in [1.82, 2.24) is 6.15 Å². The number of hydrogen-bond acceptors (Lipinski definition) is 4. The number of aliphatic hydroxyl groups is 1. The van der Waals surface area contributed by atoms with Crippen molar-refractivity contribution in [2.24, 2.45) is 0 Å². The second-order valence-corrected chi connectivity index (χ2v) is 3.82. The van der Waals surface area contributed by atoms with Crippen molar-refractivity contribution >= 4 is 21.7 Å². The summed E-state index contributed by atoms with van der Waals surface area (Å²) in [5.74, 6) is -0.612. The van der Waals surface area contributed by atoms with Crippen LogP contribution in [0.1, 0.15) is 6.92 Å². The zero-order chi connectivity index (χ0) is 7.71. The Kier molecular flexibility index (Phi) is 4.46. The molecule has 0 amide bonds. The number of quaternary nitrogens is 1. The van der Waals surface area contributed by atoms with Crippen molar-refractivity contribution in [2.75, 3.05) is 5.88 Å². The fourth-order valence-corrected chi connectivity index (χ4v) is 0.601. The number of rotatable bonds is 2. The molecule has 1 unspecified atom stereocenters. The second kappa shape index (κ2) is 3.49. The number of alkyl halides is 1. The van der Waals surface area contributed by atoms with Crippen molar-refractivity contribution in [2.45, 2.75) is 11.9 Å². The minimum atomic E-state index is -4.68. The normalized spacial score (nSPS) is 17.2. The monoisotopic (exact) mass is 191 g/mol. The molecule has 0 rings (SSSR count). The van der Waals surface area contributed by atoms with E-state index in [4.69, 9.17) is 16.7 Å². The summed E-state index contributed by atoms with van der Waals surface area (Å²) in [5, 5.41) is 8.63. The minimum Gasteiger partial charge on any atom is -0.746 e. The van der Waals surface area contributed by atoms with Gasteiger partial charge in [0.25, 0.3) is 0 Å². The average Bonchev–Trinajstić information content (AvgIpc) is 1.64. The van der Waals surface area contributed by atoms with E-state index in [1.165, 1.54) is 0 Å². The molecule has 0 radical (unpaired) electrons.